The molecule has 0 saturated heterocycles. The van der Waals surface area contributed by atoms with Crippen molar-refractivity contribution in [1.82, 2.24) is 5.32 Å². The molecule has 0 atom stereocenters. The molecule has 0 fully saturated rings. The third-order valence-corrected chi connectivity index (χ3v) is 3.29. The van der Waals surface area contributed by atoms with Gasteiger partial charge in [0.1, 0.15) is 12.4 Å². The predicted molar refractivity (Wildman–Crippen MR) is 98.6 cm³/mol. The highest BCUT2D eigenvalue weighted by Gasteiger charge is 2.12. The highest BCUT2D eigenvalue weighted by Crippen LogP contribution is 2.24. The maximum Gasteiger partial charge on any atom is 0.331 e. The Labute approximate surface area is 149 Å². The van der Waals surface area contributed by atoms with Crippen molar-refractivity contribution < 1.29 is 19.1 Å². The molecule has 0 radical (unpaired) electrons. The molecule has 0 aliphatic carbocycles. The number of carbonyl (C=O) groups is 2. The summed E-state index contributed by atoms with van der Waals surface area (Å²) < 4.78 is 10.4. The Morgan fingerprint density at radius 1 is 1.12 bits per heavy atom. The number of amides is 1. The fraction of sp³-hybridized carbons (Fsp3) is 0.400. The number of esters is 1. The zero-order valence-electron chi connectivity index (χ0n) is 15.4. The van der Waals surface area contributed by atoms with Crippen LogP contribution in [0.25, 0.3) is 0 Å². The molecule has 1 aromatic rings. The van der Waals surface area contributed by atoms with E-state index in [9.17, 15) is 9.59 Å². The van der Waals surface area contributed by atoms with E-state index >= 15 is 0 Å². The number of carbonyl (C=O) groups excluding carboxylic acids is 2. The number of benzene rings is 1. The third-order valence-electron chi connectivity index (χ3n) is 3.29. The van der Waals surface area contributed by atoms with Crippen LogP contribution < -0.4 is 10.1 Å². The van der Waals surface area contributed by atoms with Gasteiger partial charge in [-0.3, -0.25) is 4.79 Å². The summed E-state index contributed by atoms with van der Waals surface area (Å²) >= 11 is 0. The first-order valence-electron chi connectivity index (χ1n) is 8.29. The highest BCUT2D eigenvalue weighted by atomic mass is 16.5. The lowest BCUT2D eigenvalue weighted by atomic mass is 9.87. The molecule has 0 aliphatic rings. The zero-order valence-corrected chi connectivity index (χ0v) is 15.4. The molecule has 1 aromatic carbocycles. The van der Waals surface area contributed by atoms with Crippen LogP contribution in [0.15, 0.2) is 48.6 Å². The Morgan fingerprint density at radius 3 is 2.40 bits per heavy atom. The molecule has 0 saturated carbocycles. The SMILES string of the molecule is C/C=C/C=C/C(=O)OCC(=O)NCCOc1ccc(C(C)(C)C)cc1. The van der Waals surface area contributed by atoms with Crippen molar-refractivity contribution in [2.45, 2.75) is 33.1 Å². The van der Waals surface area contributed by atoms with Gasteiger partial charge in [0.15, 0.2) is 6.61 Å². The summed E-state index contributed by atoms with van der Waals surface area (Å²) in [5, 5.41) is 2.63. The van der Waals surface area contributed by atoms with Crippen molar-refractivity contribution in [1.29, 1.82) is 0 Å². The number of nitrogens with one attached hydrogen (secondary N) is 1. The Hall–Kier alpha value is -2.56. The summed E-state index contributed by atoms with van der Waals surface area (Å²) in [4.78, 5) is 22.8. The topological polar surface area (TPSA) is 64.6 Å². The summed E-state index contributed by atoms with van der Waals surface area (Å²) in [5.41, 5.74) is 1.34. The predicted octanol–water partition coefficient (Wildman–Crippen LogP) is 3.15. The first kappa shape index (κ1) is 20.5. The number of ether oxygens (including phenoxy) is 2. The van der Waals surface area contributed by atoms with E-state index in [-0.39, 0.29) is 17.9 Å². The van der Waals surface area contributed by atoms with Crippen LogP contribution in [0.1, 0.15) is 33.3 Å². The molecule has 136 valence electrons. The van der Waals surface area contributed by atoms with Gasteiger partial charge in [-0.2, -0.15) is 0 Å². The number of hydrogen-bond acceptors (Lipinski definition) is 4. The van der Waals surface area contributed by atoms with Gasteiger partial charge < -0.3 is 14.8 Å². The largest absolute Gasteiger partial charge is 0.492 e. The highest BCUT2D eigenvalue weighted by molar-refractivity contribution is 5.85. The molecule has 0 unspecified atom stereocenters. The molecule has 0 aliphatic heterocycles. The van der Waals surface area contributed by atoms with Gasteiger partial charge >= 0.3 is 5.97 Å². The van der Waals surface area contributed by atoms with Crippen LogP contribution in [-0.4, -0.2) is 31.6 Å². The average molecular weight is 345 g/mol. The van der Waals surface area contributed by atoms with Crippen molar-refractivity contribution in [3.63, 3.8) is 0 Å². The maximum absolute atomic E-state index is 11.6. The standard InChI is InChI=1S/C20H27NO4/c1-5-6-7-8-19(23)25-15-18(22)21-13-14-24-17-11-9-16(10-12-17)20(2,3)4/h5-12H,13-15H2,1-4H3,(H,21,22)/b6-5+,8-7+. The van der Waals surface area contributed by atoms with E-state index in [0.717, 1.165) is 5.75 Å². The van der Waals surface area contributed by atoms with Crippen LogP contribution in [0, 0.1) is 0 Å². The fourth-order valence-corrected chi connectivity index (χ4v) is 1.89. The lowest BCUT2D eigenvalue weighted by molar-refractivity contribution is -0.143. The Bertz CT molecular complexity index is 610. The summed E-state index contributed by atoms with van der Waals surface area (Å²) in [6, 6.07) is 7.91. The van der Waals surface area contributed by atoms with Gasteiger partial charge in [0.25, 0.3) is 5.91 Å². The first-order valence-corrected chi connectivity index (χ1v) is 8.29. The van der Waals surface area contributed by atoms with Crippen LogP contribution in [0.3, 0.4) is 0 Å². The molecule has 1 amide bonds. The zero-order chi connectivity index (χ0) is 18.7. The molecule has 5 nitrogen and oxygen atoms in total. The van der Waals surface area contributed by atoms with Crippen molar-refractivity contribution >= 4 is 11.9 Å². The van der Waals surface area contributed by atoms with Gasteiger partial charge in [-0.1, -0.05) is 51.1 Å². The third kappa shape index (κ3) is 8.74. The van der Waals surface area contributed by atoms with Gasteiger partial charge in [-0.05, 0) is 30.0 Å². The molecule has 0 spiro atoms. The lowest BCUT2D eigenvalue weighted by Crippen LogP contribution is -2.31. The number of hydrogen-bond donors (Lipinski definition) is 1. The molecular formula is C20H27NO4. The second kappa shape index (κ2) is 10.3. The maximum atomic E-state index is 11.6. The van der Waals surface area contributed by atoms with Crippen LogP contribution in [0.2, 0.25) is 0 Å². The normalized spacial score (nSPS) is 11.7. The van der Waals surface area contributed by atoms with E-state index in [1.807, 2.05) is 31.2 Å². The van der Waals surface area contributed by atoms with Gasteiger partial charge in [0, 0.05) is 6.08 Å². The molecule has 1 N–H and O–H groups in total. The van der Waals surface area contributed by atoms with Gasteiger partial charge in [-0.25, -0.2) is 4.79 Å². The van der Waals surface area contributed by atoms with Gasteiger partial charge in [0.05, 0.1) is 6.54 Å². The summed E-state index contributed by atoms with van der Waals surface area (Å²) in [6.45, 7) is 8.68. The first-order chi connectivity index (χ1) is 11.8. The van der Waals surface area contributed by atoms with Gasteiger partial charge in [0.2, 0.25) is 0 Å². The van der Waals surface area contributed by atoms with Crippen molar-refractivity contribution in [2.75, 3.05) is 19.8 Å². The lowest BCUT2D eigenvalue weighted by Gasteiger charge is -2.19. The Kier molecular flexibility index (Phi) is 8.47. The summed E-state index contributed by atoms with van der Waals surface area (Å²) in [6.07, 6.45) is 6.30. The molecular weight excluding hydrogens is 318 g/mol. The second-order valence-electron chi connectivity index (χ2n) is 6.47. The van der Waals surface area contributed by atoms with Crippen LogP contribution >= 0.6 is 0 Å². The minimum atomic E-state index is -0.552. The van der Waals surface area contributed by atoms with E-state index in [1.54, 1.807) is 18.2 Å². The summed E-state index contributed by atoms with van der Waals surface area (Å²) in [5.74, 6) is -0.161. The molecule has 0 heterocycles. The molecule has 1 rings (SSSR count). The Morgan fingerprint density at radius 2 is 1.80 bits per heavy atom. The van der Waals surface area contributed by atoms with Crippen molar-refractivity contribution in [3.8, 4) is 5.75 Å². The van der Waals surface area contributed by atoms with E-state index in [0.29, 0.717) is 13.2 Å². The Balaban J connectivity index is 2.22. The van der Waals surface area contributed by atoms with E-state index in [1.165, 1.54) is 11.6 Å². The van der Waals surface area contributed by atoms with Crippen molar-refractivity contribution in [2.24, 2.45) is 0 Å². The van der Waals surface area contributed by atoms with E-state index in [4.69, 9.17) is 9.47 Å². The monoisotopic (exact) mass is 345 g/mol. The smallest absolute Gasteiger partial charge is 0.331 e. The fourth-order valence-electron chi connectivity index (χ4n) is 1.89. The van der Waals surface area contributed by atoms with E-state index in [2.05, 4.69) is 26.1 Å². The minimum Gasteiger partial charge on any atom is -0.492 e. The molecule has 0 aromatic heterocycles. The molecule has 0 bridgehead atoms. The summed E-state index contributed by atoms with van der Waals surface area (Å²) in [7, 11) is 0. The average Bonchev–Trinajstić information content (AvgIpc) is 2.57. The van der Waals surface area contributed by atoms with Crippen LogP contribution in [-0.2, 0) is 19.7 Å². The number of rotatable bonds is 8. The molecule has 25 heavy (non-hydrogen) atoms. The molecule has 5 heteroatoms. The van der Waals surface area contributed by atoms with E-state index < -0.39 is 5.97 Å². The van der Waals surface area contributed by atoms with Crippen LogP contribution in [0.5, 0.6) is 5.75 Å². The van der Waals surface area contributed by atoms with Crippen molar-refractivity contribution in [3.05, 3.63) is 54.1 Å². The minimum absolute atomic E-state index is 0.103. The van der Waals surface area contributed by atoms with Gasteiger partial charge in [-0.15, -0.1) is 0 Å². The second-order valence-corrected chi connectivity index (χ2v) is 6.47. The number of allylic oxidation sites excluding steroid dienone is 3. The van der Waals surface area contributed by atoms with Crippen LogP contribution in [0.4, 0.5) is 0 Å². The quantitative estimate of drug-likeness (QED) is 0.340.